The number of hydrogen-bond donors (Lipinski definition) is 1. The Kier molecular flexibility index (Phi) is 3.49. The Morgan fingerprint density at radius 1 is 1.12 bits per heavy atom. The molecule has 0 amide bonds. The quantitative estimate of drug-likeness (QED) is 0.848. The molecule has 0 aromatic carbocycles. The predicted molar refractivity (Wildman–Crippen MR) is 65.4 cm³/mol. The first-order valence-electron chi connectivity index (χ1n) is 5.47. The van der Waals surface area contributed by atoms with Crippen molar-refractivity contribution in [3.05, 3.63) is 54.0 Å². The molecule has 0 saturated heterocycles. The van der Waals surface area contributed by atoms with Gasteiger partial charge in [-0.1, -0.05) is 6.07 Å². The van der Waals surface area contributed by atoms with Gasteiger partial charge < -0.3 is 5.32 Å². The van der Waals surface area contributed by atoms with Gasteiger partial charge in [0.05, 0.1) is 0 Å². The lowest BCUT2D eigenvalue weighted by molar-refractivity contribution is 1.05. The molecule has 0 aliphatic carbocycles. The zero-order chi connectivity index (χ0) is 11.2. The van der Waals surface area contributed by atoms with Crippen LogP contribution in [0.3, 0.4) is 0 Å². The summed E-state index contributed by atoms with van der Waals surface area (Å²) in [7, 11) is 0. The lowest BCUT2D eigenvalue weighted by atomic mass is 10.1. The van der Waals surface area contributed by atoms with Crippen LogP contribution in [0.2, 0.25) is 0 Å². The smallest absolute Gasteiger partial charge is 0.126 e. The van der Waals surface area contributed by atoms with Crippen molar-refractivity contribution in [2.24, 2.45) is 0 Å². The van der Waals surface area contributed by atoms with Gasteiger partial charge in [0, 0.05) is 31.1 Å². The Morgan fingerprint density at radius 2 is 1.94 bits per heavy atom. The van der Waals surface area contributed by atoms with Crippen molar-refractivity contribution in [2.75, 3.05) is 11.9 Å². The second-order valence-corrected chi connectivity index (χ2v) is 3.58. The molecule has 3 heteroatoms. The monoisotopic (exact) mass is 213 g/mol. The highest BCUT2D eigenvalue weighted by Crippen LogP contribution is 2.09. The van der Waals surface area contributed by atoms with Crippen LogP contribution in [0.1, 0.15) is 18.2 Å². The second kappa shape index (κ2) is 5.26. The van der Waals surface area contributed by atoms with Gasteiger partial charge in [-0.3, -0.25) is 4.98 Å². The minimum Gasteiger partial charge on any atom is -0.370 e. The van der Waals surface area contributed by atoms with Gasteiger partial charge in [-0.25, -0.2) is 4.98 Å². The Labute approximate surface area is 95.6 Å². The molecular formula is C13H15N3. The van der Waals surface area contributed by atoms with Crippen molar-refractivity contribution in [1.29, 1.82) is 0 Å². The number of hydrogen-bond acceptors (Lipinski definition) is 3. The first-order valence-corrected chi connectivity index (χ1v) is 5.47. The predicted octanol–water partition coefficient (Wildman–Crippen LogP) is 2.50. The van der Waals surface area contributed by atoms with Crippen molar-refractivity contribution in [3.8, 4) is 0 Å². The SMILES string of the molecule is CCNc1cccc(Cc2ccncc2)n1. The lowest BCUT2D eigenvalue weighted by Crippen LogP contribution is -2.01. The highest BCUT2D eigenvalue weighted by atomic mass is 15.0. The van der Waals surface area contributed by atoms with E-state index in [1.54, 1.807) is 0 Å². The van der Waals surface area contributed by atoms with E-state index in [2.05, 4.69) is 22.2 Å². The van der Waals surface area contributed by atoms with E-state index in [4.69, 9.17) is 0 Å². The zero-order valence-electron chi connectivity index (χ0n) is 9.35. The van der Waals surface area contributed by atoms with E-state index in [1.807, 2.05) is 42.7 Å². The van der Waals surface area contributed by atoms with E-state index in [0.717, 1.165) is 24.5 Å². The van der Waals surface area contributed by atoms with Crippen LogP contribution in [0.25, 0.3) is 0 Å². The van der Waals surface area contributed by atoms with Gasteiger partial charge in [-0.05, 0) is 36.8 Å². The number of nitrogens with zero attached hydrogens (tertiary/aromatic N) is 2. The molecule has 2 aromatic heterocycles. The van der Waals surface area contributed by atoms with E-state index in [-0.39, 0.29) is 0 Å². The molecule has 82 valence electrons. The zero-order valence-corrected chi connectivity index (χ0v) is 9.35. The third-order valence-electron chi connectivity index (χ3n) is 2.30. The van der Waals surface area contributed by atoms with Gasteiger partial charge in [0.1, 0.15) is 5.82 Å². The third kappa shape index (κ3) is 2.79. The van der Waals surface area contributed by atoms with E-state index in [1.165, 1.54) is 5.56 Å². The number of anilines is 1. The van der Waals surface area contributed by atoms with Gasteiger partial charge >= 0.3 is 0 Å². The maximum Gasteiger partial charge on any atom is 0.126 e. The number of pyridine rings is 2. The Bertz CT molecular complexity index is 440. The van der Waals surface area contributed by atoms with Crippen LogP contribution in [0.5, 0.6) is 0 Å². The van der Waals surface area contributed by atoms with Gasteiger partial charge in [0.25, 0.3) is 0 Å². The molecule has 0 bridgehead atoms. The van der Waals surface area contributed by atoms with Crippen LogP contribution in [0, 0.1) is 0 Å². The molecule has 0 aliphatic heterocycles. The van der Waals surface area contributed by atoms with Crippen LogP contribution >= 0.6 is 0 Å². The van der Waals surface area contributed by atoms with Crippen LogP contribution in [-0.4, -0.2) is 16.5 Å². The fourth-order valence-electron chi connectivity index (χ4n) is 1.57. The van der Waals surface area contributed by atoms with Gasteiger partial charge in [-0.15, -0.1) is 0 Å². The maximum absolute atomic E-state index is 4.53. The second-order valence-electron chi connectivity index (χ2n) is 3.58. The van der Waals surface area contributed by atoms with Gasteiger partial charge in [0.15, 0.2) is 0 Å². The molecule has 2 heterocycles. The maximum atomic E-state index is 4.53. The summed E-state index contributed by atoms with van der Waals surface area (Å²) in [6, 6.07) is 10.1. The van der Waals surface area contributed by atoms with Crippen LogP contribution in [-0.2, 0) is 6.42 Å². The first kappa shape index (κ1) is 10.6. The minimum absolute atomic E-state index is 0.849. The highest BCUT2D eigenvalue weighted by Gasteiger charge is 1.98. The van der Waals surface area contributed by atoms with Crippen LogP contribution in [0.15, 0.2) is 42.7 Å². The van der Waals surface area contributed by atoms with E-state index in [9.17, 15) is 0 Å². The van der Waals surface area contributed by atoms with Gasteiger partial charge in [-0.2, -0.15) is 0 Å². The van der Waals surface area contributed by atoms with Crippen molar-refractivity contribution in [3.63, 3.8) is 0 Å². The normalized spacial score (nSPS) is 10.1. The summed E-state index contributed by atoms with van der Waals surface area (Å²) in [5.74, 6) is 0.939. The number of aromatic nitrogens is 2. The fraction of sp³-hybridized carbons (Fsp3) is 0.231. The molecule has 0 spiro atoms. The minimum atomic E-state index is 0.849. The molecule has 0 atom stereocenters. The average Bonchev–Trinajstić information content (AvgIpc) is 2.31. The summed E-state index contributed by atoms with van der Waals surface area (Å²) in [5, 5.41) is 3.21. The highest BCUT2D eigenvalue weighted by molar-refractivity contribution is 5.36. The van der Waals surface area contributed by atoms with Crippen molar-refractivity contribution < 1.29 is 0 Å². The molecule has 1 N–H and O–H groups in total. The molecule has 16 heavy (non-hydrogen) atoms. The number of rotatable bonds is 4. The van der Waals surface area contributed by atoms with Crippen LogP contribution < -0.4 is 5.32 Å². The largest absolute Gasteiger partial charge is 0.370 e. The fourth-order valence-corrected chi connectivity index (χ4v) is 1.57. The third-order valence-corrected chi connectivity index (χ3v) is 2.30. The summed E-state index contributed by atoms with van der Waals surface area (Å²) in [5.41, 5.74) is 2.31. The van der Waals surface area contributed by atoms with Crippen molar-refractivity contribution >= 4 is 5.82 Å². The molecule has 0 aliphatic rings. The van der Waals surface area contributed by atoms with Crippen LogP contribution in [0.4, 0.5) is 5.82 Å². The number of nitrogens with one attached hydrogen (secondary N) is 1. The molecule has 0 fully saturated rings. The first-order chi connectivity index (χ1) is 7.88. The molecule has 2 rings (SSSR count). The van der Waals surface area contributed by atoms with Crippen molar-refractivity contribution in [1.82, 2.24) is 9.97 Å². The molecule has 0 unspecified atom stereocenters. The average molecular weight is 213 g/mol. The van der Waals surface area contributed by atoms with E-state index >= 15 is 0 Å². The Hall–Kier alpha value is -1.90. The van der Waals surface area contributed by atoms with Gasteiger partial charge in [0.2, 0.25) is 0 Å². The molecule has 3 nitrogen and oxygen atoms in total. The summed E-state index contributed by atoms with van der Waals surface area (Å²) in [4.78, 5) is 8.53. The van der Waals surface area contributed by atoms with Crippen molar-refractivity contribution in [2.45, 2.75) is 13.3 Å². The Morgan fingerprint density at radius 3 is 2.69 bits per heavy atom. The summed E-state index contributed by atoms with van der Waals surface area (Å²) >= 11 is 0. The molecule has 2 aromatic rings. The summed E-state index contributed by atoms with van der Waals surface area (Å²) < 4.78 is 0. The topological polar surface area (TPSA) is 37.8 Å². The molecular weight excluding hydrogens is 198 g/mol. The molecule has 0 radical (unpaired) electrons. The van der Waals surface area contributed by atoms with E-state index < -0.39 is 0 Å². The molecule has 0 saturated carbocycles. The summed E-state index contributed by atoms with van der Waals surface area (Å²) in [6.45, 7) is 2.96. The summed E-state index contributed by atoms with van der Waals surface area (Å²) in [6.07, 6.45) is 4.47. The lowest BCUT2D eigenvalue weighted by Gasteiger charge is -2.05. The Balaban J connectivity index is 2.12. The van der Waals surface area contributed by atoms with E-state index in [0.29, 0.717) is 0 Å². The standard InChI is InChI=1S/C13H15N3/c1-2-15-13-5-3-4-12(16-13)10-11-6-8-14-9-7-11/h3-9H,2,10H2,1H3,(H,15,16).